The van der Waals surface area contributed by atoms with Crippen LogP contribution in [0.4, 0.5) is 5.69 Å². The Labute approximate surface area is 181 Å². The van der Waals surface area contributed by atoms with Gasteiger partial charge in [0.1, 0.15) is 30.9 Å². The molecule has 0 saturated carbocycles. The Balaban J connectivity index is 1.99. The zero-order valence-electron chi connectivity index (χ0n) is 17.5. The number of ether oxygens (including phenoxy) is 1. The summed E-state index contributed by atoms with van der Waals surface area (Å²) in [5.41, 5.74) is 3.37. The van der Waals surface area contributed by atoms with Crippen molar-refractivity contribution in [2.24, 2.45) is 0 Å². The quantitative estimate of drug-likeness (QED) is 0.378. The number of aliphatic hydroxyl groups is 1. The van der Waals surface area contributed by atoms with Gasteiger partial charge in [-0.15, -0.1) is 0 Å². The summed E-state index contributed by atoms with van der Waals surface area (Å²) in [4.78, 5) is 25.7. The maximum Gasteiger partial charge on any atom is 0.338 e. The van der Waals surface area contributed by atoms with Crippen LogP contribution >= 0.6 is 0 Å². The Bertz CT molecular complexity index is 1040. The fourth-order valence-electron chi connectivity index (χ4n) is 2.95. The number of benzene rings is 2. The molecule has 0 heterocycles. The molecule has 7 heteroatoms. The van der Waals surface area contributed by atoms with Gasteiger partial charge in [-0.2, -0.15) is 10.5 Å². The number of esters is 1. The maximum atomic E-state index is 12.2. The standard InChI is InChI=1S/C24H23N3O4/c1-3-27(22-9-8-21(17(2)12-22)13-18(14-25)15-26)10-11-31-24(30)20-6-4-19(5-7-20)23(29)16-28/h4-9,12-13,28H,3,10-11,16H2,1-2H3. The van der Waals surface area contributed by atoms with Crippen LogP contribution in [0.2, 0.25) is 0 Å². The van der Waals surface area contributed by atoms with Crippen molar-refractivity contribution in [1.29, 1.82) is 10.5 Å². The van der Waals surface area contributed by atoms with Crippen LogP contribution in [0.25, 0.3) is 6.08 Å². The van der Waals surface area contributed by atoms with E-state index >= 15 is 0 Å². The zero-order valence-corrected chi connectivity index (χ0v) is 17.5. The third-order valence-corrected chi connectivity index (χ3v) is 4.72. The molecule has 1 N–H and O–H groups in total. The van der Waals surface area contributed by atoms with E-state index in [4.69, 9.17) is 20.4 Å². The van der Waals surface area contributed by atoms with Crippen LogP contribution in [0.15, 0.2) is 48.0 Å². The summed E-state index contributed by atoms with van der Waals surface area (Å²) in [6, 6.07) is 15.4. The molecular formula is C24H23N3O4. The van der Waals surface area contributed by atoms with Gasteiger partial charge in [-0.05, 0) is 55.3 Å². The molecule has 31 heavy (non-hydrogen) atoms. The van der Waals surface area contributed by atoms with E-state index < -0.39 is 18.4 Å². The van der Waals surface area contributed by atoms with Gasteiger partial charge >= 0.3 is 5.97 Å². The SMILES string of the molecule is CCN(CCOC(=O)c1ccc(C(=O)CO)cc1)c1ccc(C=C(C#N)C#N)c(C)c1. The number of aryl methyl sites for hydroxylation is 1. The van der Waals surface area contributed by atoms with E-state index in [1.54, 1.807) is 6.08 Å². The van der Waals surface area contributed by atoms with Gasteiger partial charge in [0.15, 0.2) is 5.78 Å². The number of carbonyl (C=O) groups is 2. The smallest absolute Gasteiger partial charge is 0.338 e. The van der Waals surface area contributed by atoms with Gasteiger partial charge in [0.25, 0.3) is 0 Å². The van der Waals surface area contributed by atoms with Crippen LogP contribution in [0.1, 0.15) is 38.8 Å². The van der Waals surface area contributed by atoms with Crippen molar-refractivity contribution < 1.29 is 19.4 Å². The summed E-state index contributed by atoms with van der Waals surface area (Å²) in [5, 5.41) is 26.7. The topological polar surface area (TPSA) is 114 Å². The van der Waals surface area contributed by atoms with Gasteiger partial charge in [-0.1, -0.05) is 18.2 Å². The largest absolute Gasteiger partial charge is 0.460 e. The predicted octanol–water partition coefficient (Wildman–Crippen LogP) is 3.28. The lowest BCUT2D eigenvalue weighted by atomic mass is 10.0. The van der Waals surface area contributed by atoms with Crippen LogP contribution < -0.4 is 4.90 Å². The molecule has 0 radical (unpaired) electrons. The third-order valence-electron chi connectivity index (χ3n) is 4.72. The first-order valence-electron chi connectivity index (χ1n) is 9.72. The summed E-state index contributed by atoms with van der Waals surface area (Å²) in [7, 11) is 0. The zero-order chi connectivity index (χ0) is 22.8. The molecule has 0 aliphatic rings. The lowest BCUT2D eigenvalue weighted by molar-refractivity contribution is 0.0515. The summed E-state index contributed by atoms with van der Waals surface area (Å²) < 4.78 is 5.35. The maximum absolute atomic E-state index is 12.2. The van der Waals surface area contributed by atoms with Crippen LogP contribution in [0, 0.1) is 29.6 Å². The molecule has 0 aliphatic heterocycles. The molecule has 2 aromatic carbocycles. The average Bonchev–Trinajstić information content (AvgIpc) is 2.80. The summed E-state index contributed by atoms with van der Waals surface area (Å²) in [5.74, 6) is -0.900. The van der Waals surface area contributed by atoms with Crippen molar-refractivity contribution in [3.63, 3.8) is 0 Å². The number of anilines is 1. The highest BCUT2D eigenvalue weighted by Crippen LogP contribution is 2.21. The number of nitrogens with zero attached hydrogens (tertiary/aromatic N) is 3. The molecule has 0 bridgehead atoms. The second kappa shape index (κ2) is 11.3. The molecule has 2 aromatic rings. The van der Waals surface area contributed by atoms with E-state index in [1.807, 2.05) is 49.1 Å². The number of hydrogen-bond acceptors (Lipinski definition) is 7. The monoisotopic (exact) mass is 417 g/mol. The van der Waals surface area contributed by atoms with E-state index in [0.717, 1.165) is 16.8 Å². The number of Topliss-reactive ketones (excluding diaryl/α,β-unsaturated/α-hetero) is 1. The lowest BCUT2D eigenvalue weighted by Crippen LogP contribution is -2.28. The first-order valence-corrected chi connectivity index (χ1v) is 9.72. The van der Waals surface area contributed by atoms with Gasteiger partial charge in [0.2, 0.25) is 0 Å². The number of nitriles is 2. The molecule has 0 aliphatic carbocycles. The Morgan fingerprint density at radius 3 is 2.29 bits per heavy atom. The highest BCUT2D eigenvalue weighted by Gasteiger charge is 2.11. The molecule has 0 spiro atoms. The number of aliphatic hydroxyl groups excluding tert-OH is 1. The number of rotatable bonds is 9. The van der Waals surface area contributed by atoms with Crippen molar-refractivity contribution in [3.05, 3.63) is 70.3 Å². The lowest BCUT2D eigenvalue weighted by Gasteiger charge is -2.23. The predicted molar refractivity (Wildman–Crippen MR) is 116 cm³/mol. The molecule has 0 fully saturated rings. The Kier molecular flexibility index (Phi) is 8.51. The van der Waals surface area contributed by atoms with E-state index in [9.17, 15) is 9.59 Å². The fraction of sp³-hybridized carbons (Fsp3) is 0.250. The first-order chi connectivity index (χ1) is 14.9. The summed E-state index contributed by atoms with van der Waals surface area (Å²) in [6.07, 6.45) is 1.55. The van der Waals surface area contributed by atoms with Crippen molar-refractivity contribution in [2.75, 3.05) is 31.2 Å². The Morgan fingerprint density at radius 1 is 1.10 bits per heavy atom. The van der Waals surface area contributed by atoms with Crippen molar-refractivity contribution in [1.82, 2.24) is 0 Å². The van der Waals surface area contributed by atoms with Crippen molar-refractivity contribution >= 4 is 23.5 Å². The molecule has 0 unspecified atom stereocenters. The van der Waals surface area contributed by atoms with Crippen LogP contribution in [-0.4, -0.2) is 43.2 Å². The minimum absolute atomic E-state index is 0.0452. The average molecular weight is 417 g/mol. The number of ketones is 1. The van der Waals surface area contributed by atoms with Gasteiger partial charge in [-0.25, -0.2) is 4.79 Å². The molecule has 2 rings (SSSR count). The van der Waals surface area contributed by atoms with Gasteiger partial charge in [0.05, 0.1) is 12.1 Å². The summed E-state index contributed by atoms with van der Waals surface area (Å²) >= 11 is 0. The van der Waals surface area contributed by atoms with E-state index in [1.165, 1.54) is 24.3 Å². The number of hydrogen-bond donors (Lipinski definition) is 1. The number of allylic oxidation sites excluding steroid dienone is 1. The minimum Gasteiger partial charge on any atom is -0.460 e. The molecule has 158 valence electrons. The molecule has 7 nitrogen and oxygen atoms in total. The van der Waals surface area contributed by atoms with Gasteiger partial charge in [-0.3, -0.25) is 4.79 Å². The highest BCUT2D eigenvalue weighted by atomic mass is 16.5. The molecule has 0 atom stereocenters. The van der Waals surface area contributed by atoms with Crippen LogP contribution in [-0.2, 0) is 4.74 Å². The Hall–Kier alpha value is -3.94. The Morgan fingerprint density at radius 2 is 1.74 bits per heavy atom. The summed E-state index contributed by atoms with van der Waals surface area (Å²) in [6.45, 7) is 4.68. The molecular weight excluding hydrogens is 394 g/mol. The number of carbonyl (C=O) groups excluding carboxylic acids is 2. The molecule has 0 aromatic heterocycles. The van der Waals surface area contributed by atoms with E-state index in [0.29, 0.717) is 24.2 Å². The molecule has 0 saturated heterocycles. The van der Waals surface area contributed by atoms with Crippen LogP contribution in [0.5, 0.6) is 0 Å². The van der Waals surface area contributed by atoms with Crippen molar-refractivity contribution in [2.45, 2.75) is 13.8 Å². The van der Waals surface area contributed by atoms with Gasteiger partial charge in [0, 0.05) is 17.8 Å². The van der Waals surface area contributed by atoms with Crippen molar-refractivity contribution in [3.8, 4) is 12.1 Å². The van der Waals surface area contributed by atoms with E-state index in [-0.39, 0.29) is 12.2 Å². The number of likely N-dealkylation sites (N-methyl/N-ethyl adjacent to an activating group) is 1. The van der Waals surface area contributed by atoms with Gasteiger partial charge < -0.3 is 14.7 Å². The second-order valence-corrected chi connectivity index (χ2v) is 6.70. The first kappa shape index (κ1) is 23.3. The third kappa shape index (κ3) is 6.27. The highest BCUT2D eigenvalue weighted by molar-refractivity contribution is 5.98. The second-order valence-electron chi connectivity index (χ2n) is 6.70. The normalized spacial score (nSPS) is 9.84. The minimum atomic E-state index is -0.578. The van der Waals surface area contributed by atoms with Crippen LogP contribution in [0.3, 0.4) is 0 Å². The fourth-order valence-corrected chi connectivity index (χ4v) is 2.95. The molecule has 0 amide bonds. The van der Waals surface area contributed by atoms with E-state index in [2.05, 4.69) is 0 Å².